The number of carbonyl (C=O) groups is 3. The van der Waals surface area contributed by atoms with E-state index in [4.69, 9.17) is 4.74 Å². The van der Waals surface area contributed by atoms with Crippen LogP contribution in [0.25, 0.3) is 0 Å². The summed E-state index contributed by atoms with van der Waals surface area (Å²) in [6.07, 6.45) is -4.16. The van der Waals surface area contributed by atoms with Crippen LogP contribution in [-0.2, 0) is 33.4 Å². The molecule has 2 fully saturated rings. The Kier molecular flexibility index (Phi) is 8.25. The van der Waals surface area contributed by atoms with Crippen LogP contribution in [0.1, 0.15) is 35.2 Å². The van der Waals surface area contributed by atoms with Crippen molar-refractivity contribution in [2.75, 3.05) is 4.90 Å². The number of non-ortho nitro benzene ring substituents is 1. The molecule has 2 aliphatic heterocycles. The monoisotopic (exact) mass is 659 g/mol. The lowest BCUT2D eigenvalue weighted by Crippen LogP contribution is -2.57. The van der Waals surface area contributed by atoms with Crippen molar-refractivity contribution < 1.29 is 42.3 Å². The quantitative estimate of drug-likeness (QED) is 0.118. The number of carbonyl (C=O) groups excluding carboxylic acids is 2. The summed E-state index contributed by atoms with van der Waals surface area (Å²) in [6, 6.07) is 21.5. The van der Waals surface area contributed by atoms with Gasteiger partial charge in [0, 0.05) is 24.6 Å². The molecule has 0 bridgehead atoms. The number of fused-ring (bicyclic) bond motifs is 1. The first-order chi connectivity index (χ1) is 22.8. The summed E-state index contributed by atoms with van der Waals surface area (Å²) in [5, 5.41) is 25.1. The van der Waals surface area contributed by atoms with Gasteiger partial charge in [-0.3, -0.25) is 29.8 Å². The Bertz CT molecular complexity index is 1910. The highest BCUT2D eigenvalue weighted by atomic mass is 19.4. The molecule has 0 radical (unpaired) electrons. The first-order valence-corrected chi connectivity index (χ1v) is 15.0. The van der Waals surface area contributed by atoms with E-state index >= 15 is 0 Å². The van der Waals surface area contributed by atoms with E-state index in [-0.39, 0.29) is 29.3 Å². The van der Waals surface area contributed by atoms with Crippen LogP contribution in [0.5, 0.6) is 11.5 Å². The molecule has 246 valence electrons. The Hall–Kier alpha value is -5.56. The molecule has 10 nitrogen and oxygen atoms in total. The van der Waals surface area contributed by atoms with Gasteiger partial charge >= 0.3 is 12.1 Å². The summed E-state index contributed by atoms with van der Waals surface area (Å²) in [6.45, 7) is 1.95. The number of nitro benzene ring substituents is 1. The number of nitrogens with one attached hydrogen (secondary N) is 1. The second-order valence-corrected chi connectivity index (χ2v) is 11.7. The van der Waals surface area contributed by atoms with Crippen LogP contribution in [0.4, 0.5) is 24.5 Å². The lowest BCUT2D eigenvalue weighted by Gasteiger charge is -2.31. The largest absolute Gasteiger partial charge is 0.480 e. The van der Waals surface area contributed by atoms with Gasteiger partial charge in [-0.05, 0) is 65.6 Å². The van der Waals surface area contributed by atoms with E-state index in [1.165, 1.54) is 48.5 Å². The van der Waals surface area contributed by atoms with E-state index in [1.54, 1.807) is 36.4 Å². The zero-order chi connectivity index (χ0) is 34.4. The molecule has 4 atom stereocenters. The molecule has 4 aromatic rings. The molecule has 0 aromatic heterocycles. The zero-order valence-corrected chi connectivity index (χ0v) is 25.3. The standard InChI is InChI=1S/C35H28F3N3O7/c1-2-20-9-13-24(14-10-20)40-31(42)28-29(32(40)43)34(33(44)45,19-21-11-15-25(16-12-21)41(46)47)39-30(28)22-5-3-7-26(17-22)48-27-8-4-6-23(18-27)35(36,37)38/h3-18,28-30,39H,2,19H2,1H3,(H,44,45). The Labute approximate surface area is 271 Å². The summed E-state index contributed by atoms with van der Waals surface area (Å²) < 4.78 is 45.7. The smallest absolute Gasteiger partial charge is 0.416 e. The minimum absolute atomic E-state index is 0.0916. The molecule has 2 N–H and O–H groups in total. The highest BCUT2D eigenvalue weighted by Gasteiger charge is 2.68. The topological polar surface area (TPSA) is 139 Å². The number of hydrogen-bond acceptors (Lipinski definition) is 7. The molecule has 2 amide bonds. The van der Waals surface area contributed by atoms with Crippen molar-refractivity contribution in [1.29, 1.82) is 0 Å². The maximum Gasteiger partial charge on any atom is 0.416 e. The first kappa shape index (κ1) is 32.4. The van der Waals surface area contributed by atoms with Gasteiger partial charge in [0.15, 0.2) is 0 Å². The van der Waals surface area contributed by atoms with E-state index in [0.29, 0.717) is 11.1 Å². The fourth-order valence-corrected chi connectivity index (χ4v) is 6.56. The minimum atomic E-state index is -4.59. The van der Waals surface area contributed by atoms with E-state index in [0.717, 1.165) is 29.0 Å². The third-order valence-corrected chi connectivity index (χ3v) is 8.88. The van der Waals surface area contributed by atoms with Crippen LogP contribution in [0, 0.1) is 22.0 Å². The molecule has 6 rings (SSSR count). The van der Waals surface area contributed by atoms with Gasteiger partial charge in [0.1, 0.15) is 17.0 Å². The van der Waals surface area contributed by atoms with Crippen LogP contribution in [0.3, 0.4) is 0 Å². The normalized spacial score (nSPS) is 22.1. The van der Waals surface area contributed by atoms with Crippen LogP contribution in [0.15, 0.2) is 97.1 Å². The Balaban J connectivity index is 1.42. The van der Waals surface area contributed by atoms with Crippen molar-refractivity contribution >= 4 is 29.2 Å². The van der Waals surface area contributed by atoms with Crippen LogP contribution in [0.2, 0.25) is 0 Å². The fraction of sp³-hybridized carbons (Fsp3) is 0.229. The molecule has 0 aliphatic carbocycles. The number of rotatable bonds is 9. The van der Waals surface area contributed by atoms with Gasteiger partial charge in [-0.25, -0.2) is 4.90 Å². The van der Waals surface area contributed by atoms with Gasteiger partial charge < -0.3 is 9.84 Å². The van der Waals surface area contributed by atoms with Gasteiger partial charge in [-0.2, -0.15) is 13.2 Å². The van der Waals surface area contributed by atoms with Crippen molar-refractivity contribution in [3.05, 3.63) is 129 Å². The molecule has 2 saturated heterocycles. The third-order valence-electron chi connectivity index (χ3n) is 8.88. The van der Waals surface area contributed by atoms with Gasteiger partial charge in [0.2, 0.25) is 11.8 Å². The number of carboxylic acid groups (broad SMARTS) is 1. The lowest BCUT2D eigenvalue weighted by atomic mass is 9.76. The molecule has 2 heterocycles. The Morgan fingerprint density at radius 3 is 2.17 bits per heavy atom. The maximum absolute atomic E-state index is 14.2. The van der Waals surface area contributed by atoms with E-state index in [1.807, 2.05) is 6.92 Å². The minimum Gasteiger partial charge on any atom is -0.480 e. The van der Waals surface area contributed by atoms with E-state index in [2.05, 4.69) is 5.32 Å². The summed E-state index contributed by atoms with van der Waals surface area (Å²) in [5.41, 5.74) is -1.14. The van der Waals surface area contributed by atoms with Crippen LogP contribution in [-0.4, -0.2) is 33.4 Å². The highest BCUT2D eigenvalue weighted by molar-refractivity contribution is 6.24. The van der Waals surface area contributed by atoms with E-state index in [9.17, 15) is 42.8 Å². The maximum atomic E-state index is 14.2. The number of carboxylic acids is 1. The number of halogens is 3. The van der Waals surface area contributed by atoms with Gasteiger partial charge in [-0.15, -0.1) is 0 Å². The van der Waals surface area contributed by atoms with E-state index < -0.39 is 57.9 Å². The van der Waals surface area contributed by atoms with Crippen molar-refractivity contribution in [3.8, 4) is 11.5 Å². The van der Waals surface area contributed by atoms with Crippen molar-refractivity contribution in [1.82, 2.24) is 5.32 Å². The zero-order valence-electron chi connectivity index (χ0n) is 25.3. The number of alkyl halides is 3. The van der Waals surface area contributed by atoms with Gasteiger partial charge in [-0.1, -0.05) is 49.4 Å². The number of ether oxygens (including phenoxy) is 1. The Morgan fingerprint density at radius 1 is 0.938 bits per heavy atom. The molecule has 0 saturated carbocycles. The average molecular weight is 660 g/mol. The second-order valence-electron chi connectivity index (χ2n) is 11.7. The summed E-state index contributed by atoms with van der Waals surface area (Å²) >= 11 is 0. The average Bonchev–Trinajstić information content (AvgIpc) is 3.54. The molecule has 0 spiro atoms. The molecule has 13 heteroatoms. The predicted molar refractivity (Wildman–Crippen MR) is 166 cm³/mol. The second kappa shape index (κ2) is 12.2. The van der Waals surface area contributed by atoms with Crippen molar-refractivity contribution in [2.24, 2.45) is 11.8 Å². The summed E-state index contributed by atoms with van der Waals surface area (Å²) in [4.78, 5) is 53.3. The highest BCUT2D eigenvalue weighted by Crippen LogP contribution is 2.51. The molecular weight excluding hydrogens is 631 g/mol. The SMILES string of the molecule is CCc1ccc(N2C(=O)C3C(c4cccc(Oc5cccc(C(F)(F)F)c5)c4)NC(Cc4ccc([N+](=O)[O-])cc4)(C(=O)O)C3C2=O)cc1. The number of imide groups is 1. The van der Waals surface area contributed by atoms with Gasteiger partial charge in [0.25, 0.3) is 5.69 Å². The number of amides is 2. The number of anilines is 1. The lowest BCUT2D eigenvalue weighted by molar-refractivity contribution is -0.384. The molecule has 2 aliphatic rings. The number of nitro groups is 1. The predicted octanol–water partition coefficient (Wildman–Crippen LogP) is 6.48. The van der Waals surface area contributed by atoms with Crippen molar-refractivity contribution in [3.63, 3.8) is 0 Å². The van der Waals surface area contributed by atoms with Crippen LogP contribution < -0.4 is 15.0 Å². The number of hydrogen-bond donors (Lipinski definition) is 2. The molecule has 4 unspecified atom stereocenters. The number of aryl methyl sites for hydroxylation is 1. The van der Waals surface area contributed by atoms with Crippen LogP contribution >= 0.6 is 0 Å². The summed E-state index contributed by atoms with van der Waals surface area (Å²) in [5.74, 6) is -5.29. The Morgan fingerprint density at radius 2 is 1.56 bits per heavy atom. The van der Waals surface area contributed by atoms with Crippen molar-refractivity contribution in [2.45, 2.75) is 37.5 Å². The molecule has 4 aromatic carbocycles. The summed E-state index contributed by atoms with van der Waals surface area (Å²) in [7, 11) is 0. The first-order valence-electron chi connectivity index (χ1n) is 15.0. The van der Waals surface area contributed by atoms with Gasteiger partial charge in [0.05, 0.1) is 28.0 Å². The molecular formula is C35H28F3N3O7. The fourth-order valence-electron chi connectivity index (χ4n) is 6.56. The molecule has 48 heavy (non-hydrogen) atoms. The third kappa shape index (κ3) is 5.77. The number of nitrogens with zero attached hydrogens (tertiary/aromatic N) is 2. The number of aliphatic carboxylic acids is 1. The number of benzene rings is 4.